The van der Waals surface area contributed by atoms with E-state index in [0.29, 0.717) is 0 Å². The van der Waals surface area contributed by atoms with Crippen molar-refractivity contribution < 1.29 is 32.6 Å². The summed E-state index contributed by atoms with van der Waals surface area (Å²) >= 11 is 0. The zero-order chi connectivity index (χ0) is 15.3. The Hall–Kier alpha value is -2.32. The summed E-state index contributed by atoms with van der Waals surface area (Å²) in [7, 11) is 0. The predicted molar refractivity (Wildman–Crippen MR) is 60.4 cm³/mol. The molecule has 1 rings (SSSR count). The third-order valence-electron chi connectivity index (χ3n) is 2.06. The van der Waals surface area contributed by atoms with Crippen molar-refractivity contribution in [2.45, 2.75) is 19.1 Å². The molecule has 1 amide bonds. The molecular weight excluding hydrogens is 281 g/mol. The normalized spacial score (nSPS) is 12.6. The molecule has 0 aromatic carbocycles. The second-order valence-corrected chi connectivity index (χ2v) is 3.80. The van der Waals surface area contributed by atoms with Gasteiger partial charge in [0.15, 0.2) is 6.61 Å². The molecule has 2 N–H and O–H groups in total. The van der Waals surface area contributed by atoms with Gasteiger partial charge in [0.1, 0.15) is 11.7 Å². The molecule has 0 bridgehead atoms. The topological polar surface area (TPSA) is 88.5 Å². The molecule has 1 heterocycles. The maximum atomic E-state index is 12.0. The third kappa shape index (κ3) is 5.12. The summed E-state index contributed by atoms with van der Waals surface area (Å²) in [6, 6.07) is 2.51. The molecule has 0 saturated heterocycles. The minimum absolute atomic E-state index is 0.238. The van der Waals surface area contributed by atoms with E-state index >= 15 is 0 Å². The fourth-order valence-corrected chi connectivity index (χ4v) is 1.11. The summed E-state index contributed by atoms with van der Waals surface area (Å²) in [5.74, 6) is -2.45. The Labute approximate surface area is 111 Å². The number of alkyl halides is 3. The highest BCUT2D eigenvalue weighted by Gasteiger charge is 2.28. The van der Waals surface area contributed by atoms with Crippen LogP contribution in [0, 0.1) is 0 Å². The number of amides is 1. The molecule has 1 atom stereocenters. The lowest BCUT2D eigenvalue weighted by atomic mass is 10.3. The Balaban J connectivity index is 2.72. The van der Waals surface area contributed by atoms with Crippen LogP contribution >= 0.6 is 0 Å². The van der Waals surface area contributed by atoms with Crippen molar-refractivity contribution >= 4 is 11.9 Å². The summed E-state index contributed by atoms with van der Waals surface area (Å²) in [6.07, 6.45) is -4.52. The molecule has 20 heavy (non-hydrogen) atoms. The number of ether oxygens (including phenoxy) is 1. The quantitative estimate of drug-likeness (QED) is 0.852. The lowest BCUT2D eigenvalue weighted by Gasteiger charge is -2.11. The number of carbonyl (C=O) groups excluding carboxylic acids is 1. The molecule has 0 aliphatic carbocycles. The Kier molecular flexibility index (Phi) is 4.89. The van der Waals surface area contributed by atoms with Crippen molar-refractivity contribution in [1.82, 2.24) is 10.3 Å². The summed E-state index contributed by atoms with van der Waals surface area (Å²) in [4.78, 5) is 25.7. The molecule has 0 aliphatic rings. The highest BCUT2D eigenvalue weighted by atomic mass is 19.4. The van der Waals surface area contributed by atoms with Crippen LogP contribution in [0.1, 0.15) is 17.4 Å². The van der Waals surface area contributed by atoms with E-state index < -0.39 is 30.7 Å². The number of nitrogens with zero attached hydrogens (tertiary/aromatic N) is 1. The molecule has 0 fully saturated rings. The average molecular weight is 292 g/mol. The number of nitrogens with one attached hydrogen (secondary N) is 1. The van der Waals surface area contributed by atoms with E-state index in [-0.39, 0.29) is 11.6 Å². The van der Waals surface area contributed by atoms with Crippen LogP contribution in [0.15, 0.2) is 18.2 Å². The average Bonchev–Trinajstić information content (AvgIpc) is 2.35. The monoisotopic (exact) mass is 292 g/mol. The molecule has 9 heteroatoms. The van der Waals surface area contributed by atoms with Crippen LogP contribution in [0.3, 0.4) is 0 Å². The molecule has 0 unspecified atom stereocenters. The lowest BCUT2D eigenvalue weighted by molar-refractivity contribution is -0.154. The van der Waals surface area contributed by atoms with E-state index in [2.05, 4.69) is 15.0 Å². The van der Waals surface area contributed by atoms with Gasteiger partial charge in [-0.15, -0.1) is 0 Å². The van der Waals surface area contributed by atoms with Gasteiger partial charge in [0.05, 0.1) is 0 Å². The summed E-state index contributed by atoms with van der Waals surface area (Å²) in [5, 5.41) is 10.7. The summed E-state index contributed by atoms with van der Waals surface area (Å²) < 4.78 is 40.3. The number of pyridine rings is 1. The van der Waals surface area contributed by atoms with E-state index in [0.717, 1.165) is 6.07 Å². The largest absolute Gasteiger partial charge is 0.480 e. The van der Waals surface area contributed by atoms with Gasteiger partial charge in [-0.3, -0.25) is 9.59 Å². The first-order chi connectivity index (χ1) is 9.19. The van der Waals surface area contributed by atoms with Crippen molar-refractivity contribution in [3.63, 3.8) is 0 Å². The van der Waals surface area contributed by atoms with Crippen LogP contribution in [-0.4, -0.2) is 40.8 Å². The highest BCUT2D eigenvalue weighted by Crippen LogP contribution is 2.17. The van der Waals surface area contributed by atoms with Gasteiger partial charge in [0.2, 0.25) is 5.88 Å². The van der Waals surface area contributed by atoms with Crippen LogP contribution in [0.4, 0.5) is 13.2 Å². The fourth-order valence-electron chi connectivity index (χ4n) is 1.11. The van der Waals surface area contributed by atoms with Crippen LogP contribution < -0.4 is 10.1 Å². The van der Waals surface area contributed by atoms with Crippen molar-refractivity contribution in [2.24, 2.45) is 0 Å². The van der Waals surface area contributed by atoms with Crippen LogP contribution in [0.2, 0.25) is 0 Å². The molecule has 0 aliphatic heterocycles. The molecule has 1 aromatic rings. The third-order valence-corrected chi connectivity index (χ3v) is 2.06. The van der Waals surface area contributed by atoms with E-state index in [1.165, 1.54) is 19.1 Å². The number of carboxylic acids is 1. The lowest BCUT2D eigenvalue weighted by Crippen LogP contribution is -2.38. The molecule has 110 valence electrons. The SMILES string of the molecule is C[C@@H](NC(=O)c1cccc(OCC(F)(F)F)n1)C(=O)O. The molecule has 6 nitrogen and oxygen atoms in total. The van der Waals surface area contributed by atoms with Gasteiger partial charge >= 0.3 is 12.1 Å². The summed E-state index contributed by atoms with van der Waals surface area (Å²) in [6.45, 7) is -0.291. The Bertz CT molecular complexity index is 505. The zero-order valence-corrected chi connectivity index (χ0v) is 10.3. The van der Waals surface area contributed by atoms with Crippen molar-refractivity contribution in [1.29, 1.82) is 0 Å². The highest BCUT2D eigenvalue weighted by molar-refractivity contribution is 5.94. The fraction of sp³-hybridized carbons (Fsp3) is 0.364. The van der Waals surface area contributed by atoms with Crippen LogP contribution in [0.5, 0.6) is 5.88 Å². The van der Waals surface area contributed by atoms with Crippen LogP contribution in [-0.2, 0) is 4.79 Å². The van der Waals surface area contributed by atoms with Crippen molar-refractivity contribution in [2.75, 3.05) is 6.61 Å². The first kappa shape index (κ1) is 15.7. The minimum Gasteiger partial charge on any atom is -0.480 e. The standard InChI is InChI=1S/C11H11F3N2O4/c1-6(10(18)19)15-9(17)7-3-2-4-8(16-7)20-5-11(12,13)14/h2-4,6H,5H2,1H3,(H,15,17)(H,18,19)/t6-/m1/s1. The van der Waals surface area contributed by atoms with Crippen molar-refractivity contribution in [3.05, 3.63) is 23.9 Å². The Morgan fingerprint density at radius 3 is 2.65 bits per heavy atom. The maximum absolute atomic E-state index is 12.0. The zero-order valence-electron chi connectivity index (χ0n) is 10.3. The van der Waals surface area contributed by atoms with E-state index in [4.69, 9.17) is 5.11 Å². The molecule has 1 aromatic heterocycles. The minimum atomic E-state index is -4.52. The maximum Gasteiger partial charge on any atom is 0.422 e. The number of aromatic nitrogens is 1. The number of rotatable bonds is 5. The molecule has 0 saturated carbocycles. The number of hydrogen-bond donors (Lipinski definition) is 2. The van der Waals surface area contributed by atoms with E-state index in [1.54, 1.807) is 0 Å². The number of carboxylic acid groups (broad SMARTS) is 1. The van der Waals surface area contributed by atoms with E-state index in [9.17, 15) is 22.8 Å². The van der Waals surface area contributed by atoms with Gasteiger partial charge in [0, 0.05) is 6.07 Å². The smallest absolute Gasteiger partial charge is 0.422 e. The summed E-state index contributed by atoms with van der Waals surface area (Å²) in [5.41, 5.74) is -0.238. The molecular formula is C11H11F3N2O4. The first-order valence-electron chi connectivity index (χ1n) is 5.39. The van der Waals surface area contributed by atoms with Gasteiger partial charge in [-0.25, -0.2) is 4.98 Å². The molecule has 0 spiro atoms. The number of carbonyl (C=O) groups is 2. The van der Waals surface area contributed by atoms with Crippen LogP contribution in [0.25, 0.3) is 0 Å². The molecule has 0 radical (unpaired) electrons. The number of hydrogen-bond acceptors (Lipinski definition) is 4. The second kappa shape index (κ2) is 6.22. The van der Waals surface area contributed by atoms with Gasteiger partial charge in [0.25, 0.3) is 5.91 Å². The Morgan fingerprint density at radius 1 is 1.45 bits per heavy atom. The number of halogens is 3. The van der Waals surface area contributed by atoms with Gasteiger partial charge in [-0.2, -0.15) is 13.2 Å². The number of aliphatic carboxylic acids is 1. The Morgan fingerprint density at radius 2 is 2.10 bits per heavy atom. The van der Waals surface area contributed by atoms with Gasteiger partial charge in [-0.05, 0) is 13.0 Å². The first-order valence-corrected chi connectivity index (χ1v) is 5.39. The van der Waals surface area contributed by atoms with Gasteiger partial charge < -0.3 is 15.2 Å². The van der Waals surface area contributed by atoms with Gasteiger partial charge in [-0.1, -0.05) is 6.07 Å². The van der Waals surface area contributed by atoms with E-state index in [1.807, 2.05) is 0 Å². The second-order valence-electron chi connectivity index (χ2n) is 3.80. The van der Waals surface area contributed by atoms with Crippen molar-refractivity contribution in [3.8, 4) is 5.88 Å². The predicted octanol–water partition coefficient (Wildman–Crippen LogP) is 1.23.